The van der Waals surface area contributed by atoms with Gasteiger partial charge in [0.15, 0.2) is 0 Å². The Labute approximate surface area is 137 Å². The molecule has 3 aromatic rings. The predicted molar refractivity (Wildman–Crippen MR) is 95.2 cm³/mol. The van der Waals surface area contributed by atoms with Gasteiger partial charge < -0.3 is 10.2 Å². The molecule has 0 saturated carbocycles. The van der Waals surface area contributed by atoms with Gasteiger partial charge in [0.1, 0.15) is 0 Å². The molecule has 3 heterocycles. The van der Waals surface area contributed by atoms with E-state index >= 15 is 0 Å². The summed E-state index contributed by atoms with van der Waals surface area (Å²) in [6.45, 7) is 1.77. The Hall–Kier alpha value is -1.43. The van der Waals surface area contributed by atoms with Crippen LogP contribution in [-0.2, 0) is 0 Å². The summed E-state index contributed by atoms with van der Waals surface area (Å²) in [6.07, 6.45) is 2.22. The number of carbonyl (C=O) groups is 1. The first kappa shape index (κ1) is 14.2. The average molecular weight is 330 g/mol. The number of hydrogen-bond acceptors (Lipinski definition) is 4. The molecule has 4 rings (SSSR count). The molecule has 1 saturated heterocycles. The first-order valence-corrected chi connectivity index (χ1v) is 9.28. The van der Waals surface area contributed by atoms with Crippen molar-refractivity contribution < 1.29 is 4.79 Å². The Morgan fingerprint density at radius 3 is 3.05 bits per heavy atom. The number of carbonyl (C=O) groups excluding carboxylic acids is 1. The molecule has 0 spiro atoms. The molecular weight excluding hydrogens is 312 g/mol. The second kappa shape index (κ2) is 5.65. The normalized spacial score (nSPS) is 18.6. The summed E-state index contributed by atoms with van der Waals surface area (Å²) < 4.78 is 3.80. The first-order valence-electron chi connectivity index (χ1n) is 7.64. The summed E-state index contributed by atoms with van der Waals surface area (Å²) in [5, 5.41) is 4.48. The highest BCUT2D eigenvalue weighted by Gasteiger charge is 2.30. The van der Waals surface area contributed by atoms with Crippen LogP contribution in [0.25, 0.3) is 19.5 Å². The molecule has 1 aliphatic heterocycles. The van der Waals surface area contributed by atoms with Crippen molar-refractivity contribution in [3.05, 3.63) is 35.2 Å². The Kier molecular flexibility index (Phi) is 3.64. The maximum Gasteiger partial charge on any atom is 0.264 e. The van der Waals surface area contributed by atoms with E-state index in [1.54, 1.807) is 22.7 Å². The van der Waals surface area contributed by atoms with Crippen LogP contribution in [0.1, 0.15) is 22.5 Å². The molecule has 1 aliphatic rings. The molecule has 1 amide bonds. The Morgan fingerprint density at radius 1 is 1.32 bits per heavy atom. The predicted octanol–water partition coefficient (Wildman–Crippen LogP) is 3.94. The zero-order valence-electron chi connectivity index (χ0n) is 12.5. The number of fused-ring (bicyclic) bond motifs is 3. The molecule has 1 atom stereocenters. The fourth-order valence-corrected chi connectivity index (χ4v) is 5.78. The number of amides is 1. The lowest BCUT2D eigenvalue weighted by Crippen LogP contribution is -2.40. The SMILES string of the molecule is CNCC1CCCN1C(=O)c1cc2sc3ccccc3c2s1. The first-order chi connectivity index (χ1) is 10.8. The summed E-state index contributed by atoms with van der Waals surface area (Å²) >= 11 is 3.43. The molecule has 1 fully saturated rings. The van der Waals surface area contributed by atoms with Crippen LogP contribution in [0.4, 0.5) is 0 Å². The molecule has 5 heteroatoms. The van der Waals surface area contributed by atoms with Gasteiger partial charge in [-0.15, -0.1) is 22.7 Å². The van der Waals surface area contributed by atoms with Gasteiger partial charge >= 0.3 is 0 Å². The lowest BCUT2D eigenvalue weighted by Gasteiger charge is -2.23. The van der Waals surface area contributed by atoms with Gasteiger partial charge in [0.05, 0.1) is 9.58 Å². The van der Waals surface area contributed by atoms with Crippen molar-refractivity contribution in [2.24, 2.45) is 0 Å². The number of likely N-dealkylation sites (tertiary alicyclic amines) is 1. The number of likely N-dealkylation sites (N-methyl/N-ethyl adjacent to an activating group) is 1. The van der Waals surface area contributed by atoms with Crippen LogP contribution in [0.15, 0.2) is 30.3 Å². The Morgan fingerprint density at radius 2 is 2.18 bits per heavy atom. The number of nitrogens with one attached hydrogen (secondary N) is 1. The number of thiophene rings is 2. The maximum atomic E-state index is 12.8. The number of benzene rings is 1. The third kappa shape index (κ3) is 2.24. The van der Waals surface area contributed by atoms with E-state index < -0.39 is 0 Å². The van der Waals surface area contributed by atoms with Gasteiger partial charge in [-0.2, -0.15) is 0 Å². The van der Waals surface area contributed by atoms with E-state index in [0.29, 0.717) is 6.04 Å². The van der Waals surface area contributed by atoms with E-state index in [1.165, 1.54) is 19.5 Å². The summed E-state index contributed by atoms with van der Waals surface area (Å²) in [5.41, 5.74) is 0. The number of hydrogen-bond donors (Lipinski definition) is 1. The van der Waals surface area contributed by atoms with Gasteiger partial charge in [-0.3, -0.25) is 4.79 Å². The van der Waals surface area contributed by atoms with E-state index in [2.05, 4.69) is 35.6 Å². The average Bonchev–Trinajstić information content (AvgIpc) is 3.20. The van der Waals surface area contributed by atoms with Crippen LogP contribution in [0.2, 0.25) is 0 Å². The summed E-state index contributed by atoms with van der Waals surface area (Å²) in [5.74, 6) is 0.204. The Balaban J connectivity index is 1.70. The third-order valence-corrected chi connectivity index (χ3v) is 6.74. The van der Waals surface area contributed by atoms with E-state index in [4.69, 9.17) is 0 Å². The van der Waals surface area contributed by atoms with Crippen molar-refractivity contribution in [3.8, 4) is 0 Å². The summed E-state index contributed by atoms with van der Waals surface area (Å²) in [6, 6.07) is 10.9. The fourth-order valence-electron chi connectivity index (χ4n) is 3.30. The minimum Gasteiger partial charge on any atom is -0.334 e. The monoisotopic (exact) mass is 330 g/mol. The van der Waals surface area contributed by atoms with Gasteiger partial charge in [-0.05, 0) is 32.0 Å². The Bertz CT molecular complexity index is 836. The molecule has 2 aromatic heterocycles. The quantitative estimate of drug-likeness (QED) is 0.789. The largest absolute Gasteiger partial charge is 0.334 e. The molecule has 22 heavy (non-hydrogen) atoms. The smallest absolute Gasteiger partial charge is 0.264 e. The highest BCUT2D eigenvalue weighted by atomic mass is 32.1. The molecule has 1 aromatic carbocycles. The van der Waals surface area contributed by atoms with Crippen LogP contribution in [-0.4, -0.2) is 37.0 Å². The van der Waals surface area contributed by atoms with Crippen molar-refractivity contribution in [1.82, 2.24) is 10.2 Å². The van der Waals surface area contributed by atoms with Crippen LogP contribution in [0.3, 0.4) is 0 Å². The van der Waals surface area contributed by atoms with E-state index in [-0.39, 0.29) is 5.91 Å². The van der Waals surface area contributed by atoms with E-state index in [0.717, 1.165) is 30.8 Å². The number of rotatable bonds is 3. The number of nitrogens with zero attached hydrogens (tertiary/aromatic N) is 1. The summed E-state index contributed by atoms with van der Waals surface area (Å²) in [7, 11) is 1.95. The molecule has 0 radical (unpaired) electrons. The van der Waals surface area contributed by atoms with Gasteiger partial charge in [-0.25, -0.2) is 0 Å². The fraction of sp³-hybridized carbons (Fsp3) is 0.353. The molecule has 3 nitrogen and oxygen atoms in total. The van der Waals surface area contributed by atoms with Crippen molar-refractivity contribution >= 4 is 48.1 Å². The lowest BCUT2D eigenvalue weighted by atomic mass is 10.2. The minimum atomic E-state index is 0.204. The summed E-state index contributed by atoms with van der Waals surface area (Å²) in [4.78, 5) is 15.8. The zero-order valence-corrected chi connectivity index (χ0v) is 14.1. The minimum absolute atomic E-state index is 0.204. The lowest BCUT2D eigenvalue weighted by molar-refractivity contribution is 0.0742. The topological polar surface area (TPSA) is 32.3 Å². The van der Waals surface area contributed by atoms with Gasteiger partial charge in [0.25, 0.3) is 5.91 Å². The van der Waals surface area contributed by atoms with Gasteiger partial charge in [0, 0.05) is 33.9 Å². The second-order valence-corrected chi connectivity index (χ2v) is 7.89. The van der Waals surface area contributed by atoms with Crippen LogP contribution >= 0.6 is 22.7 Å². The van der Waals surface area contributed by atoms with Gasteiger partial charge in [0.2, 0.25) is 0 Å². The molecular formula is C17H18N2OS2. The highest BCUT2D eigenvalue weighted by molar-refractivity contribution is 7.33. The molecule has 1 N–H and O–H groups in total. The molecule has 1 unspecified atom stereocenters. The molecule has 0 bridgehead atoms. The van der Waals surface area contributed by atoms with Crippen LogP contribution < -0.4 is 5.32 Å². The maximum absolute atomic E-state index is 12.8. The zero-order chi connectivity index (χ0) is 15.1. The molecule has 0 aliphatic carbocycles. The third-order valence-electron chi connectivity index (χ3n) is 4.34. The van der Waals surface area contributed by atoms with E-state index in [1.807, 2.05) is 11.9 Å². The second-order valence-electron chi connectivity index (χ2n) is 5.75. The highest BCUT2D eigenvalue weighted by Crippen LogP contribution is 2.40. The molecule has 114 valence electrons. The van der Waals surface area contributed by atoms with Crippen molar-refractivity contribution in [3.63, 3.8) is 0 Å². The van der Waals surface area contributed by atoms with Crippen molar-refractivity contribution in [2.45, 2.75) is 18.9 Å². The standard InChI is InChI=1S/C17H18N2OS2/c1-18-10-11-5-4-8-19(11)17(20)15-9-14-16(22-15)12-6-2-3-7-13(12)21-14/h2-3,6-7,9,11,18H,4-5,8,10H2,1H3. The van der Waals surface area contributed by atoms with Crippen LogP contribution in [0.5, 0.6) is 0 Å². The van der Waals surface area contributed by atoms with Crippen molar-refractivity contribution in [2.75, 3.05) is 20.1 Å². The van der Waals surface area contributed by atoms with Crippen LogP contribution in [0, 0.1) is 0 Å². The van der Waals surface area contributed by atoms with Gasteiger partial charge in [-0.1, -0.05) is 18.2 Å². The van der Waals surface area contributed by atoms with E-state index in [9.17, 15) is 4.79 Å². The van der Waals surface area contributed by atoms with Crippen molar-refractivity contribution in [1.29, 1.82) is 0 Å².